The van der Waals surface area contributed by atoms with E-state index in [4.69, 9.17) is 23.2 Å². The van der Waals surface area contributed by atoms with E-state index < -0.39 is 10.3 Å². The molecule has 0 aliphatic rings. The minimum atomic E-state index is -1.70. The summed E-state index contributed by atoms with van der Waals surface area (Å²) in [6.45, 7) is 2.08. The Bertz CT molecular complexity index is 146. The average molecular weight is 212 g/mol. The van der Waals surface area contributed by atoms with Gasteiger partial charge in [0, 0.05) is 0 Å². The second-order valence-corrected chi connectivity index (χ2v) is 4.29. The summed E-state index contributed by atoms with van der Waals surface area (Å²) < 4.78 is -1.70. The topological polar surface area (TPSA) is 40.1 Å². The van der Waals surface area contributed by atoms with Crippen molar-refractivity contribution in [3.05, 3.63) is 0 Å². The van der Waals surface area contributed by atoms with E-state index in [1.54, 1.807) is 0 Å². The third kappa shape index (κ3) is 4.83. The summed E-state index contributed by atoms with van der Waals surface area (Å²) in [6.07, 6.45) is 4.14. The van der Waals surface area contributed by atoms with Crippen molar-refractivity contribution in [2.24, 2.45) is 0 Å². The van der Waals surface area contributed by atoms with Gasteiger partial charge in [-0.05, 0) is 6.42 Å². The van der Waals surface area contributed by atoms with Crippen LogP contribution >= 0.6 is 23.2 Å². The largest absolute Gasteiger partial charge is 0.547 e. The van der Waals surface area contributed by atoms with Crippen molar-refractivity contribution >= 4 is 29.2 Å². The van der Waals surface area contributed by atoms with Crippen molar-refractivity contribution in [1.29, 1.82) is 0 Å². The minimum Gasteiger partial charge on any atom is -0.547 e. The monoisotopic (exact) mass is 211 g/mol. The van der Waals surface area contributed by atoms with Gasteiger partial charge in [0.2, 0.25) is 0 Å². The molecule has 12 heavy (non-hydrogen) atoms. The zero-order chi connectivity index (χ0) is 9.61. The van der Waals surface area contributed by atoms with Crippen LogP contribution in [0.1, 0.15) is 39.0 Å². The lowest BCUT2D eigenvalue weighted by molar-refractivity contribution is -0.306. The summed E-state index contributed by atoms with van der Waals surface area (Å²) >= 11 is 10.9. The Morgan fingerprint density at radius 3 is 2.33 bits per heavy atom. The number of carboxylic acids is 1. The number of carbonyl (C=O) groups excluding carboxylic acids is 1. The number of aliphatic carboxylic acids is 1. The number of halogens is 2. The predicted molar refractivity (Wildman–Crippen MR) is 48.2 cm³/mol. The number of hydrogen-bond acceptors (Lipinski definition) is 2. The van der Waals surface area contributed by atoms with E-state index in [1.807, 2.05) is 0 Å². The minimum absolute atomic E-state index is 0.262. The van der Waals surface area contributed by atoms with Crippen molar-refractivity contribution in [2.45, 2.75) is 43.4 Å². The van der Waals surface area contributed by atoms with E-state index in [2.05, 4.69) is 6.92 Å². The molecule has 72 valence electrons. The first-order valence-electron chi connectivity index (χ1n) is 4.10. The summed E-state index contributed by atoms with van der Waals surface area (Å²) in [7, 11) is 0. The normalized spacial score (nSPS) is 11.6. The third-order valence-electron chi connectivity index (χ3n) is 1.64. The summed E-state index contributed by atoms with van der Waals surface area (Å²) in [5.41, 5.74) is 0. The fraction of sp³-hybridized carbons (Fsp3) is 0.875. The van der Waals surface area contributed by atoms with E-state index in [9.17, 15) is 9.90 Å². The van der Waals surface area contributed by atoms with Gasteiger partial charge in [-0.1, -0.05) is 55.8 Å². The van der Waals surface area contributed by atoms with E-state index in [0.29, 0.717) is 0 Å². The zero-order valence-electron chi connectivity index (χ0n) is 7.11. The maximum absolute atomic E-state index is 10.3. The Kier molecular flexibility index (Phi) is 5.68. The molecule has 0 radical (unpaired) electrons. The third-order valence-corrected chi connectivity index (χ3v) is 2.33. The van der Waals surface area contributed by atoms with Crippen LogP contribution in [0.3, 0.4) is 0 Å². The number of hydrogen-bond donors (Lipinski definition) is 0. The molecule has 0 fully saturated rings. The van der Waals surface area contributed by atoms with Crippen molar-refractivity contribution in [1.82, 2.24) is 0 Å². The molecule has 0 aliphatic heterocycles. The van der Waals surface area contributed by atoms with Gasteiger partial charge in [0.25, 0.3) is 0 Å². The summed E-state index contributed by atoms with van der Waals surface area (Å²) in [5, 5.41) is 10.3. The number of unbranched alkanes of at least 4 members (excludes halogenated alkanes) is 3. The van der Waals surface area contributed by atoms with Crippen LogP contribution in [0.5, 0.6) is 0 Å². The SMILES string of the molecule is CCCCCCC(Cl)(Cl)C(=O)[O-]. The Labute approximate surface area is 82.9 Å². The number of carbonyl (C=O) groups is 1. The first-order chi connectivity index (χ1) is 5.50. The van der Waals surface area contributed by atoms with Gasteiger partial charge in [-0.15, -0.1) is 0 Å². The Balaban J connectivity index is 3.54. The Hall–Kier alpha value is 0.0500. The highest BCUT2D eigenvalue weighted by Gasteiger charge is 2.24. The predicted octanol–water partition coefficient (Wildman–Crippen LogP) is 1.88. The highest BCUT2D eigenvalue weighted by atomic mass is 35.5. The molecule has 0 aromatic rings. The maximum atomic E-state index is 10.3. The molecule has 0 unspecified atom stereocenters. The van der Waals surface area contributed by atoms with Gasteiger partial charge in [0.1, 0.15) is 0 Å². The molecule has 0 amide bonds. The van der Waals surface area contributed by atoms with E-state index in [0.717, 1.165) is 25.7 Å². The number of alkyl halides is 2. The number of rotatable bonds is 6. The molecule has 0 aromatic heterocycles. The van der Waals surface area contributed by atoms with Gasteiger partial charge in [-0.25, -0.2) is 0 Å². The molecule has 0 atom stereocenters. The summed E-state index contributed by atoms with van der Waals surface area (Å²) in [6, 6.07) is 0. The molecule has 0 spiro atoms. The highest BCUT2D eigenvalue weighted by Crippen LogP contribution is 2.27. The fourth-order valence-electron chi connectivity index (χ4n) is 0.876. The van der Waals surface area contributed by atoms with Crippen molar-refractivity contribution in [3.63, 3.8) is 0 Å². The van der Waals surface area contributed by atoms with Crippen LogP contribution in [0.15, 0.2) is 0 Å². The van der Waals surface area contributed by atoms with Gasteiger partial charge in [0.05, 0.1) is 5.97 Å². The standard InChI is InChI=1S/C8H14Cl2O2/c1-2-3-4-5-6-8(9,10)7(11)12/h2-6H2,1H3,(H,11,12)/p-1. The maximum Gasteiger partial charge on any atom is 0.157 e. The van der Waals surface area contributed by atoms with Crippen LogP contribution < -0.4 is 5.11 Å². The van der Waals surface area contributed by atoms with Crippen molar-refractivity contribution < 1.29 is 9.90 Å². The lowest BCUT2D eigenvalue weighted by atomic mass is 10.1. The molecule has 4 heteroatoms. The van der Waals surface area contributed by atoms with Crippen LogP contribution in [-0.4, -0.2) is 10.3 Å². The van der Waals surface area contributed by atoms with E-state index in [1.165, 1.54) is 0 Å². The van der Waals surface area contributed by atoms with Gasteiger partial charge in [-0.2, -0.15) is 0 Å². The second kappa shape index (κ2) is 5.65. The lowest BCUT2D eigenvalue weighted by Crippen LogP contribution is -2.39. The summed E-state index contributed by atoms with van der Waals surface area (Å²) in [4.78, 5) is 10.3. The van der Waals surface area contributed by atoms with Gasteiger partial charge < -0.3 is 9.90 Å². The molecule has 0 saturated heterocycles. The molecular formula is C8H13Cl2O2-. The molecule has 0 N–H and O–H groups in total. The average Bonchev–Trinajstić information content (AvgIpc) is 1.98. The van der Waals surface area contributed by atoms with Gasteiger partial charge in [0.15, 0.2) is 4.33 Å². The quantitative estimate of drug-likeness (QED) is 0.498. The smallest absolute Gasteiger partial charge is 0.157 e. The first kappa shape index (κ1) is 12.0. The van der Waals surface area contributed by atoms with Crippen molar-refractivity contribution in [3.8, 4) is 0 Å². The van der Waals surface area contributed by atoms with Crippen LogP contribution in [0, 0.1) is 0 Å². The van der Waals surface area contributed by atoms with Gasteiger partial charge in [-0.3, -0.25) is 0 Å². The Morgan fingerprint density at radius 2 is 1.92 bits per heavy atom. The van der Waals surface area contributed by atoms with E-state index in [-0.39, 0.29) is 6.42 Å². The van der Waals surface area contributed by atoms with Crippen molar-refractivity contribution in [2.75, 3.05) is 0 Å². The van der Waals surface area contributed by atoms with Crippen LogP contribution in [0.2, 0.25) is 0 Å². The summed E-state index contributed by atoms with van der Waals surface area (Å²) in [5.74, 6) is -1.40. The molecule has 0 rings (SSSR count). The highest BCUT2D eigenvalue weighted by molar-refractivity contribution is 6.57. The van der Waals surface area contributed by atoms with Gasteiger partial charge >= 0.3 is 0 Å². The van der Waals surface area contributed by atoms with Crippen LogP contribution in [0.4, 0.5) is 0 Å². The Morgan fingerprint density at radius 1 is 1.33 bits per heavy atom. The molecule has 0 aliphatic carbocycles. The lowest BCUT2D eigenvalue weighted by Gasteiger charge is -2.19. The molecule has 0 heterocycles. The van der Waals surface area contributed by atoms with Crippen LogP contribution in [-0.2, 0) is 4.79 Å². The zero-order valence-corrected chi connectivity index (χ0v) is 8.62. The second-order valence-electron chi connectivity index (χ2n) is 2.80. The molecular weight excluding hydrogens is 199 g/mol. The molecule has 0 bridgehead atoms. The first-order valence-corrected chi connectivity index (χ1v) is 4.85. The molecule has 0 aromatic carbocycles. The molecule has 0 saturated carbocycles. The number of carboxylic acid groups (broad SMARTS) is 1. The fourth-order valence-corrected chi connectivity index (χ4v) is 1.14. The van der Waals surface area contributed by atoms with Crippen LogP contribution in [0.25, 0.3) is 0 Å². The molecule has 2 nitrogen and oxygen atoms in total. The van der Waals surface area contributed by atoms with E-state index >= 15 is 0 Å².